The van der Waals surface area contributed by atoms with E-state index in [0.717, 1.165) is 62.2 Å². The highest BCUT2D eigenvalue weighted by atomic mass is 16.6. The lowest BCUT2D eigenvalue weighted by molar-refractivity contribution is -0.159. The molecule has 0 N–H and O–H groups in total. The predicted octanol–water partition coefficient (Wildman–Crippen LogP) is 17.2. The first-order chi connectivity index (χ1) is 37.0. The first-order valence-electron chi connectivity index (χ1n) is 30.4. The molecule has 1 fully saturated rings. The molecular weight excluding hydrogens is 953 g/mol. The minimum Gasteiger partial charge on any atom is -0.490 e. The summed E-state index contributed by atoms with van der Waals surface area (Å²) in [7, 11) is 0. The van der Waals surface area contributed by atoms with E-state index in [1.165, 1.54) is 154 Å². The summed E-state index contributed by atoms with van der Waals surface area (Å²) in [4.78, 5) is 49.6. The van der Waals surface area contributed by atoms with Crippen molar-refractivity contribution < 1.29 is 47.6 Å². The zero-order valence-electron chi connectivity index (χ0n) is 48.2. The van der Waals surface area contributed by atoms with Gasteiger partial charge in [0.25, 0.3) is 0 Å². The second kappa shape index (κ2) is 42.4. The maximum absolute atomic E-state index is 12.8. The van der Waals surface area contributed by atoms with Gasteiger partial charge in [-0.15, -0.1) is 0 Å². The second-order valence-electron chi connectivity index (χ2n) is 22.1. The molecule has 0 saturated heterocycles. The number of benzene rings is 2. The molecule has 10 heteroatoms. The van der Waals surface area contributed by atoms with E-state index in [4.69, 9.17) is 28.4 Å². The minimum atomic E-state index is -0.691. The van der Waals surface area contributed by atoms with Crippen molar-refractivity contribution in [1.29, 1.82) is 0 Å². The lowest BCUT2D eigenvalue weighted by Gasteiger charge is -2.44. The van der Waals surface area contributed by atoms with Gasteiger partial charge in [-0.05, 0) is 100 Å². The molecule has 6 atom stereocenters. The number of para-hydroxylation sites is 2. The van der Waals surface area contributed by atoms with Gasteiger partial charge in [0.1, 0.15) is 37.9 Å². The number of unbranched alkanes of at least 4 members (excludes halogenated alkanes) is 20. The summed E-state index contributed by atoms with van der Waals surface area (Å²) in [6, 6.07) is 18.7. The maximum Gasteiger partial charge on any atom is 0.333 e. The number of hydrogen-bond donors (Lipinski definition) is 0. The standard InChI is InChI=1S/C66H104O10/c1-7-9-11-20-33-43-61-55(37-27-10-8-2)47-48-56(38-28-21-16-12-14-18-23-35-45-63(67)75-59(51-73-65(69)53(3)4)49-71-57-39-29-25-30-40-57)62(61)44-34-22-17-13-15-19-24-36-46-64(68)76-60(52-74-66(70)54(5)6)50-72-58-41-31-26-32-42-58/h25-26,29-32,39-42,55-56,59-62H,3,5,7-24,27-28,33-38,43-52H2,1-2,4,6H3. The Labute approximate surface area is 461 Å². The molecule has 0 bridgehead atoms. The Morgan fingerprint density at radius 2 is 0.750 bits per heavy atom. The fourth-order valence-corrected chi connectivity index (χ4v) is 11.0. The second-order valence-corrected chi connectivity index (χ2v) is 22.1. The lowest BCUT2D eigenvalue weighted by atomic mass is 9.61. The molecule has 1 saturated carbocycles. The van der Waals surface area contributed by atoms with Crippen molar-refractivity contribution in [2.75, 3.05) is 26.4 Å². The van der Waals surface area contributed by atoms with E-state index in [9.17, 15) is 19.2 Å². The van der Waals surface area contributed by atoms with Gasteiger partial charge in [-0.1, -0.05) is 218 Å². The van der Waals surface area contributed by atoms with E-state index in [-0.39, 0.29) is 38.4 Å². The van der Waals surface area contributed by atoms with Gasteiger partial charge in [0.2, 0.25) is 0 Å². The smallest absolute Gasteiger partial charge is 0.333 e. The number of esters is 4. The molecule has 6 unspecified atom stereocenters. The van der Waals surface area contributed by atoms with Gasteiger partial charge in [-0.3, -0.25) is 9.59 Å². The minimum absolute atomic E-state index is 0.0739. The summed E-state index contributed by atoms with van der Waals surface area (Å²) in [5, 5.41) is 0. The molecule has 76 heavy (non-hydrogen) atoms. The summed E-state index contributed by atoms with van der Waals surface area (Å²) < 4.78 is 33.6. The van der Waals surface area contributed by atoms with Crippen molar-refractivity contribution in [1.82, 2.24) is 0 Å². The summed E-state index contributed by atoms with van der Waals surface area (Å²) >= 11 is 0. The van der Waals surface area contributed by atoms with Crippen LogP contribution in [0.5, 0.6) is 11.5 Å². The topological polar surface area (TPSA) is 124 Å². The average molecular weight is 1060 g/mol. The van der Waals surface area contributed by atoms with Gasteiger partial charge in [-0.25, -0.2) is 9.59 Å². The van der Waals surface area contributed by atoms with E-state index in [0.29, 0.717) is 35.5 Å². The fourth-order valence-electron chi connectivity index (χ4n) is 11.0. The highest BCUT2D eigenvalue weighted by Crippen LogP contribution is 2.48. The van der Waals surface area contributed by atoms with Crippen LogP contribution in [0.3, 0.4) is 0 Å². The maximum atomic E-state index is 12.8. The summed E-state index contributed by atoms with van der Waals surface area (Å²) in [6.07, 6.45) is 37.4. The van der Waals surface area contributed by atoms with Crippen LogP contribution in [-0.2, 0) is 38.1 Å². The van der Waals surface area contributed by atoms with Gasteiger partial charge in [-0.2, -0.15) is 0 Å². The third kappa shape index (κ3) is 31.0. The zero-order chi connectivity index (χ0) is 54.9. The Morgan fingerprint density at radius 1 is 0.434 bits per heavy atom. The van der Waals surface area contributed by atoms with Gasteiger partial charge in [0.15, 0.2) is 12.2 Å². The third-order valence-electron chi connectivity index (χ3n) is 15.3. The number of carbonyl (C=O) groups excluding carboxylic acids is 4. The third-order valence-corrected chi connectivity index (χ3v) is 15.3. The molecule has 0 aromatic heterocycles. The van der Waals surface area contributed by atoms with Crippen LogP contribution < -0.4 is 9.47 Å². The Hall–Kier alpha value is -4.60. The molecule has 0 radical (unpaired) electrons. The van der Waals surface area contributed by atoms with Crippen LogP contribution in [0.1, 0.15) is 233 Å². The predicted molar refractivity (Wildman–Crippen MR) is 308 cm³/mol. The van der Waals surface area contributed by atoms with Gasteiger partial charge in [0, 0.05) is 24.0 Å². The molecule has 0 heterocycles. The zero-order valence-corrected chi connectivity index (χ0v) is 48.2. The molecule has 0 aliphatic heterocycles. The van der Waals surface area contributed by atoms with Gasteiger partial charge >= 0.3 is 23.9 Å². The van der Waals surface area contributed by atoms with Crippen LogP contribution >= 0.6 is 0 Å². The molecule has 10 nitrogen and oxygen atoms in total. The summed E-state index contributed by atoms with van der Waals surface area (Å²) in [6.45, 7) is 15.2. The normalized spacial score (nSPS) is 17.0. The molecule has 0 amide bonds. The van der Waals surface area contributed by atoms with E-state index in [1.807, 2.05) is 60.7 Å². The molecule has 0 spiro atoms. The molecule has 2 aromatic carbocycles. The van der Waals surface area contributed by atoms with Crippen molar-refractivity contribution >= 4 is 23.9 Å². The van der Waals surface area contributed by atoms with Crippen LogP contribution in [0, 0.1) is 23.7 Å². The Balaban J connectivity index is 1.38. The van der Waals surface area contributed by atoms with E-state index in [2.05, 4.69) is 27.0 Å². The first-order valence-corrected chi connectivity index (χ1v) is 30.4. The number of ether oxygens (including phenoxy) is 6. The quantitative estimate of drug-likeness (QED) is 0.0274. The molecular formula is C66H104O10. The van der Waals surface area contributed by atoms with Crippen LogP contribution in [0.25, 0.3) is 0 Å². The van der Waals surface area contributed by atoms with Crippen LogP contribution in [-0.4, -0.2) is 62.5 Å². The van der Waals surface area contributed by atoms with Crippen LogP contribution in [0.4, 0.5) is 0 Å². The summed E-state index contributed by atoms with van der Waals surface area (Å²) in [5.74, 6) is 3.28. The van der Waals surface area contributed by atoms with Gasteiger partial charge in [0.05, 0.1) is 0 Å². The monoisotopic (exact) mass is 1060 g/mol. The lowest BCUT2D eigenvalue weighted by Crippen LogP contribution is -2.35. The van der Waals surface area contributed by atoms with Crippen LogP contribution in [0.2, 0.25) is 0 Å². The van der Waals surface area contributed by atoms with Gasteiger partial charge < -0.3 is 28.4 Å². The van der Waals surface area contributed by atoms with E-state index >= 15 is 0 Å². The number of hydrogen-bond acceptors (Lipinski definition) is 10. The number of rotatable bonds is 46. The van der Waals surface area contributed by atoms with Crippen LogP contribution in [0.15, 0.2) is 85.0 Å². The van der Waals surface area contributed by atoms with Crippen molar-refractivity contribution in [3.63, 3.8) is 0 Å². The van der Waals surface area contributed by atoms with E-state index < -0.39 is 24.1 Å². The Kier molecular flexibility index (Phi) is 36.7. The first kappa shape index (κ1) is 65.7. The summed E-state index contributed by atoms with van der Waals surface area (Å²) in [5.41, 5.74) is 0.597. The van der Waals surface area contributed by atoms with Crippen molar-refractivity contribution in [2.45, 2.75) is 245 Å². The van der Waals surface area contributed by atoms with Crippen molar-refractivity contribution in [2.24, 2.45) is 23.7 Å². The highest BCUT2D eigenvalue weighted by molar-refractivity contribution is 5.87. The molecule has 1 aliphatic carbocycles. The molecule has 1 aliphatic rings. The highest BCUT2D eigenvalue weighted by Gasteiger charge is 2.38. The Morgan fingerprint density at radius 3 is 1.12 bits per heavy atom. The number of carbonyl (C=O) groups is 4. The molecule has 428 valence electrons. The van der Waals surface area contributed by atoms with Crippen molar-refractivity contribution in [3.05, 3.63) is 85.0 Å². The molecule has 3 rings (SSSR count). The molecule has 2 aromatic rings. The fraction of sp³-hybridized carbons (Fsp3) is 0.697. The van der Waals surface area contributed by atoms with E-state index in [1.54, 1.807) is 13.8 Å². The van der Waals surface area contributed by atoms with Crippen molar-refractivity contribution in [3.8, 4) is 11.5 Å². The SMILES string of the molecule is C=C(C)C(=O)OCC(COc1ccccc1)OC(=O)CCCCCCCCCCC1CCC(CCCCC)C(CCCCCCC)C1CCCCCCCCCCC(=O)OC(COC(=O)C(=C)C)COc1ccccc1. The largest absolute Gasteiger partial charge is 0.490 e. The Bertz CT molecular complexity index is 1850. The average Bonchev–Trinajstić information content (AvgIpc) is 3.42.